The lowest BCUT2D eigenvalue weighted by molar-refractivity contribution is -0.184. The number of alkyl halides is 3. The molecule has 0 radical (unpaired) electrons. The van der Waals surface area contributed by atoms with Crippen molar-refractivity contribution in [2.45, 2.75) is 90.8 Å². The molecule has 9 heteroatoms. The number of fused-ring (bicyclic) bond motifs is 3. The number of nitrogens with one attached hydrogen (secondary N) is 1. The molecule has 0 aromatic heterocycles. The number of carbonyl (C=O) groups is 1. The van der Waals surface area contributed by atoms with Gasteiger partial charge in [0.05, 0.1) is 24.6 Å². The number of ketones is 1. The highest BCUT2D eigenvalue weighted by molar-refractivity contribution is 6.06. The largest absolute Gasteiger partial charge is 0.500 e. The minimum absolute atomic E-state index is 0. The maximum Gasteiger partial charge on any atom is 0.401 e. The second-order valence-electron chi connectivity index (χ2n) is 13.6. The van der Waals surface area contributed by atoms with Crippen LogP contribution < -0.4 is 5.32 Å². The van der Waals surface area contributed by atoms with Gasteiger partial charge in [-0.1, -0.05) is 38.6 Å². The third-order valence-electron chi connectivity index (χ3n) is 10.5. The zero-order valence-corrected chi connectivity index (χ0v) is 28.5. The Hall–Kier alpha value is -3.46. The van der Waals surface area contributed by atoms with Crippen LogP contribution in [-0.2, 0) is 20.7 Å². The summed E-state index contributed by atoms with van der Waals surface area (Å²) in [4.78, 5) is 17.5. The number of Topliss-reactive ketones (excluding diaryl/α,β-unsaturated/α-hetero) is 1. The maximum absolute atomic E-state index is 15.2. The zero-order valence-electron chi connectivity index (χ0n) is 28.5. The molecular formula is C39H50F4N2O3. The summed E-state index contributed by atoms with van der Waals surface area (Å²) < 4.78 is 66.4. The van der Waals surface area contributed by atoms with Crippen molar-refractivity contribution in [2.75, 3.05) is 20.3 Å². The van der Waals surface area contributed by atoms with Crippen LogP contribution in [-0.4, -0.2) is 44.0 Å². The van der Waals surface area contributed by atoms with Crippen molar-refractivity contribution in [1.29, 1.82) is 0 Å². The quantitative estimate of drug-likeness (QED) is 0.137. The van der Waals surface area contributed by atoms with Gasteiger partial charge in [-0.2, -0.15) is 13.2 Å². The lowest BCUT2D eigenvalue weighted by atomic mass is 9.82. The number of nitrogens with zero attached hydrogens (tertiary/aromatic N) is 1. The van der Waals surface area contributed by atoms with Gasteiger partial charge in [-0.25, -0.2) is 9.38 Å². The first-order chi connectivity index (χ1) is 23.0. The number of halogens is 4. The Kier molecular flexibility index (Phi) is 11.2. The Morgan fingerprint density at radius 1 is 1.21 bits per heavy atom. The Bertz CT molecular complexity index is 1540. The lowest BCUT2D eigenvalue weighted by Gasteiger charge is -2.30. The number of benzene rings is 1. The van der Waals surface area contributed by atoms with Crippen LogP contribution in [0, 0.1) is 29.0 Å². The molecule has 2 saturated carbocycles. The molecule has 3 unspecified atom stereocenters. The second kappa shape index (κ2) is 15.0. The van der Waals surface area contributed by atoms with Crippen molar-refractivity contribution in [1.82, 2.24) is 5.32 Å². The summed E-state index contributed by atoms with van der Waals surface area (Å²) in [6.45, 7) is 11.7. The normalized spacial score (nSPS) is 25.6. The first-order valence-electron chi connectivity index (χ1n) is 17.3. The third-order valence-corrected chi connectivity index (χ3v) is 10.5. The van der Waals surface area contributed by atoms with Gasteiger partial charge in [-0.3, -0.25) is 4.79 Å². The van der Waals surface area contributed by atoms with E-state index in [1.165, 1.54) is 56.1 Å². The molecule has 3 fully saturated rings. The van der Waals surface area contributed by atoms with E-state index in [-0.39, 0.29) is 55.8 Å². The van der Waals surface area contributed by atoms with Crippen molar-refractivity contribution in [3.63, 3.8) is 0 Å². The van der Waals surface area contributed by atoms with Crippen LogP contribution in [0.15, 0.2) is 76.7 Å². The number of hydrogen-bond acceptors (Lipinski definition) is 5. The van der Waals surface area contributed by atoms with Gasteiger partial charge in [0.15, 0.2) is 0 Å². The molecule has 5 nitrogen and oxygen atoms in total. The van der Waals surface area contributed by atoms with E-state index in [0.717, 1.165) is 43.1 Å². The zero-order chi connectivity index (χ0) is 34.6. The molecular weight excluding hydrogens is 620 g/mol. The number of rotatable bonds is 12. The summed E-state index contributed by atoms with van der Waals surface area (Å²) in [5.41, 5.74) is 3.00. The molecule has 2 heterocycles. The minimum atomic E-state index is -4.44. The number of carbonyl (C=O) groups excluding carboxylic acids is 1. The van der Waals surface area contributed by atoms with Gasteiger partial charge in [0.2, 0.25) is 0 Å². The average Bonchev–Trinajstić information content (AvgIpc) is 3.84. The molecule has 3 atom stereocenters. The molecule has 1 aromatic carbocycles. The molecule has 48 heavy (non-hydrogen) atoms. The van der Waals surface area contributed by atoms with Crippen LogP contribution in [0.2, 0.25) is 0 Å². The fourth-order valence-corrected chi connectivity index (χ4v) is 7.65. The molecule has 0 spiro atoms. The van der Waals surface area contributed by atoms with Crippen molar-refractivity contribution in [3.05, 3.63) is 88.6 Å². The van der Waals surface area contributed by atoms with E-state index in [2.05, 4.69) is 31.0 Å². The molecule has 3 aliphatic carbocycles. The number of methoxy groups -OCH3 is 1. The highest BCUT2D eigenvalue weighted by Gasteiger charge is 2.66. The standard InChI is InChI=1S/C37H42F4N2O3.C2H6.H2/c1-22(14-35(45-3)36(11-12-36)37(39,40)41)13-29(44)16-25-7-8-26(17-31(25)38)34-19-42-32-18-24(23(2)15-33(32)43-34)5-4-6-30-27-9-10-28(30)21-46-20-27;1-2;/h7-8,14-15,17-19,27-28,30,32,42H,1,4-6,9-13,16,20-21H2,2-3H3;1-2H3;1H/b35-14-;;. The SMILES string of the molecule is C=C(/C=C(\OC)C1(C(F)(F)F)CC1)CC(=O)Cc1ccc(C2=CNC3C=C(CCCC4C5CCC4COC5)C(C)=CC3=N2)cc1F.CC.[HH]. The van der Waals surface area contributed by atoms with Gasteiger partial charge in [-0.05, 0) is 110 Å². The van der Waals surface area contributed by atoms with Crippen molar-refractivity contribution < 1.29 is 33.3 Å². The van der Waals surface area contributed by atoms with E-state index in [0.29, 0.717) is 11.3 Å². The van der Waals surface area contributed by atoms with Gasteiger partial charge < -0.3 is 14.8 Å². The fraction of sp³-hybridized carbons (Fsp3) is 0.538. The topological polar surface area (TPSA) is 59.9 Å². The fourth-order valence-electron chi connectivity index (χ4n) is 7.65. The lowest BCUT2D eigenvalue weighted by Crippen LogP contribution is -2.35. The van der Waals surface area contributed by atoms with Gasteiger partial charge in [-0.15, -0.1) is 0 Å². The van der Waals surface area contributed by atoms with Crippen LogP contribution in [0.1, 0.15) is 84.7 Å². The minimum Gasteiger partial charge on any atom is -0.500 e. The summed E-state index contributed by atoms with van der Waals surface area (Å²) in [6.07, 6.45) is 8.48. The van der Waals surface area contributed by atoms with Crippen LogP contribution >= 0.6 is 0 Å². The predicted molar refractivity (Wildman–Crippen MR) is 184 cm³/mol. The maximum atomic E-state index is 15.2. The molecule has 0 amide bonds. The number of ether oxygens (including phenoxy) is 2. The van der Waals surface area contributed by atoms with E-state index in [1.54, 1.807) is 18.3 Å². The van der Waals surface area contributed by atoms with Gasteiger partial charge >= 0.3 is 6.18 Å². The van der Waals surface area contributed by atoms with E-state index in [9.17, 15) is 18.0 Å². The first-order valence-corrected chi connectivity index (χ1v) is 17.3. The van der Waals surface area contributed by atoms with Gasteiger partial charge in [0, 0.05) is 39.2 Å². The number of allylic oxidation sites excluding steroid dienone is 5. The molecule has 6 rings (SSSR count). The molecule has 2 bridgehead atoms. The van der Waals surface area contributed by atoms with Crippen LogP contribution in [0.5, 0.6) is 0 Å². The van der Waals surface area contributed by atoms with E-state index in [4.69, 9.17) is 14.5 Å². The Morgan fingerprint density at radius 3 is 2.54 bits per heavy atom. The van der Waals surface area contributed by atoms with Gasteiger partial charge in [0.25, 0.3) is 0 Å². The van der Waals surface area contributed by atoms with Gasteiger partial charge in [0.1, 0.15) is 22.8 Å². The second-order valence-corrected chi connectivity index (χ2v) is 13.6. The Balaban J connectivity index is 0.00000177. The third kappa shape index (κ3) is 7.72. The van der Waals surface area contributed by atoms with E-state index < -0.39 is 17.4 Å². The molecule has 1 saturated heterocycles. The summed E-state index contributed by atoms with van der Waals surface area (Å²) in [5.74, 6) is 1.13. The van der Waals surface area contributed by atoms with Crippen molar-refractivity contribution in [3.8, 4) is 0 Å². The summed E-state index contributed by atoms with van der Waals surface area (Å²) in [5, 5.41) is 3.41. The summed E-state index contributed by atoms with van der Waals surface area (Å²) >= 11 is 0. The number of hydrogen-bond donors (Lipinski definition) is 1. The predicted octanol–water partition coefficient (Wildman–Crippen LogP) is 9.47. The van der Waals surface area contributed by atoms with Crippen LogP contribution in [0.4, 0.5) is 17.6 Å². The van der Waals surface area contributed by atoms with E-state index >= 15 is 4.39 Å². The Labute approximate surface area is 283 Å². The monoisotopic (exact) mass is 670 g/mol. The molecule has 262 valence electrons. The summed E-state index contributed by atoms with van der Waals surface area (Å²) in [6, 6.07) is 4.62. The smallest absolute Gasteiger partial charge is 0.401 e. The summed E-state index contributed by atoms with van der Waals surface area (Å²) in [7, 11) is 1.18. The average molecular weight is 671 g/mol. The van der Waals surface area contributed by atoms with Crippen molar-refractivity contribution >= 4 is 17.2 Å². The number of aliphatic imine (C=N–C) groups is 1. The highest BCUT2D eigenvalue weighted by atomic mass is 19.4. The molecule has 1 N–H and O–H groups in total. The van der Waals surface area contributed by atoms with Crippen molar-refractivity contribution in [2.24, 2.45) is 28.2 Å². The Morgan fingerprint density at radius 2 is 1.92 bits per heavy atom. The van der Waals surface area contributed by atoms with E-state index in [1.807, 2.05) is 13.8 Å². The van der Waals surface area contributed by atoms with Crippen LogP contribution in [0.3, 0.4) is 0 Å². The highest BCUT2D eigenvalue weighted by Crippen LogP contribution is 2.62. The van der Waals surface area contributed by atoms with Crippen LogP contribution in [0.25, 0.3) is 5.70 Å². The first kappa shape index (κ1) is 35.8. The molecule has 2 aliphatic heterocycles. The molecule has 5 aliphatic rings. The molecule has 1 aromatic rings.